The van der Waals surface area contributed by atoms with Crippen LogP contribution in [0, 0.1) is 17.2 Å². The molecule has 120 valence electrons. The van der Waals surface area contributed by atoms with Crippen molar-refractivity contribution in [2.75, 3.05) is 6.61 Å². The van der Waals surface area contributed by atoms with Gasteiger partial charge in [-0.3, -0.25) is 4.74 Å². The number of rotatable bonds is 7. The fraction of sp³-hybridized carbons (Fsp3) is 0.438. The Labute approximate surface area is 128 Å². The fourth-order valence-corrected chi connectivity index (χ4v) is 1.78. The quantitative estimate of drug-likeness (QED) is 0.654. The molecule has 0 saturated carbocycles. The highest BCUT2D eigenvalue weighted by atomic mass is 19.4. The summed E-state index contributed by atoms with van der Waals surface area (Å²) in [5.74, 6) is 0.515. The largest absolute Gasteiger partial charge is 0.522 e. The molecule has 3 nitrogen and oxygen atoms in total. The number of halogens is 3. The first kappa shape index (κ1) is 18.1. The van der Waals surface area contributed by atoms with Gasteiger partial charge < -0.3 is 4.74 Å². The molecule has 2 atom stereocenters. The molecule has 0 aliphatic heterocycles. The van der Waals surface area contributed by atoms with Gasteiger partial charge in [0.2, 0.25) is 0 Å². The minimum absolute atomic E-state index is 0.126. The third-order valence-corrected chi connectivity index (χ3v) is 2.91. The van der Waals surface area contributed by atoms with Crippen LogP contribution >= 0.6 is 0 Å². The number of allylic oxidation sites excluding steroid dienone is 3. The second-order valence-electron chi connectivity index (χ2n) is 4.63. The highest BCUT2D eigenvalue weighted by Crippen LogP contribution is 2.19. The zero-order valence-electron chi connectivity index (χ0n) is 12.1. The van der Waals surface area contributed by atoms with E-state index in [1.807, 2.05) is 6.08 Å². The van der Waals surface area contributed by atoms with E-state index in [1.165, 1.54) is 6.08 Å². The van der Waals surface area contributed by atoms with Crippen molar-refractivity contribution in [2.45, 2.75) is 31.7 Å². The maximum absolute atomic E-state index is 11.8. The van der Waals surface area contributed by atoms with Crippen LogP contribution in [0.15, 0.2) is 48.8 Å². The van der Waals surface area contributed by atoms with E-state index in [0.717, 1.165) is 12.8 Å². The number of alkyl halides is 3. The first-order chi connectivity index (χ1) is 10.4. The third-order valence-electron chi connectivity index (χ3n) is 2.91. The van der Waals surface area contributed by atoms with Gasteiger partial charge in [0.05, 0.1) is 18.6 Å². The molecule has 0 fully saturated rings. The molecule has 0 radical (unpaired) electrons. The summed E-state index contributed by atoms with van der Waals surface area (Å²) >= 11 is 0. The smallest absolute Gasteiger partial charge is 0.486 e. The van der Waals surface area contributed by atoms with Crippen LogP contribution in [0.25, 0.3) is 0 Å². The molecule has 0 saturated heterocycles. The summed E-state index contributed by atoms with van der Waals surface area (Å²) in [6, 6.07) is 2.18. The van der Waals surface area contributed by atoms with Crippen LogP contribution in [0.2, 0.25) is 0 Å². The normalized spacial score (nSPS) is 20.1. The molecule has 1 aliphatic rings. The van der Waals surface area contributed by atoms with E-state index in [-0.39, 0.29) is 12.0 Å². The van der Waals surface area contributed by atoms with Crippen LogP contribution in [0.5, 0.6) is 0 Å². The van der Waals surface area contributed by atoms with Gasteiger partial charge in [-0.15, -0.1) is 13.2 Å². The molecular weight excluding hydrogens is 295 g/mol. The summed E-state index contributed by atoms with van der Waals surface area (Å²) in [6.45, 7) is 3.12. The number of nitriles is 1. The maximum atomic E-state index is 11.8. The van der Waals surface area contributed by atoms with Crippen molar-refractivity contribution < 1.29 is 22.6 Å². The van der Waals surface area contributed by atoms with Gasteiger partial charge in [0, 0.05) is 6.42 Å². The van der Waals surface area contributed by atoms with Gasteiger partial charge in [-0.05, 0) is 25.0 Å². The minimum Gasteiger partial charge on any atom is -0.486 e. The van der Waals surface area contributed by atoms with Gasteiger partial charge in [-0.2, -0.15) is 5.26 Å². The van der Waals surface area contributed by atoms with Crippen LogP contribution < -0.4 is 0 Å². The van der Waals surface area contributed by atoms with E-state index in [9.17, 15) is 13.2 Å². The van der Waals surface area contributed by atoms with E-state index in [0.29, 0.717) is 12.2 Å². The van der Waals surface area contributed by atoms with Gasteiger partial charge >= 0.3 is 6.36 Å². The number of ether oxygens (including phenoxy) is 2. The zero-order chi connectivity index (χ0) is 16.4. The number of nitrogens with zero attached hydrogens (tertiary/aromatic N) is 1. The van der Waals surface area contributed by atoms with E-state index in [4.69, 9.17) is 10.00 Å². The molecule has 0 heterocycles. The van der Waals surface area contributed by atoms with Gasteiger partial charge in [0.25, 0.3) is 0 Å². The van der Waals surface area contributed by atoms with Gasteiger partial charge in [0.1, 0.15) is 11.9 Å². The highest BCUT2D eigenvalue weighted by Gasteiger charge is 2.28. The Morgan fingerprint density at radius 2 is 2.23 bits per heavy atom. The van der Waals surface area contributed by atoms with Gasteiger partial charge in [0.15, 0.2) is 0 Å². The Morgan fingerprint density at radius 1 is 1.45 bits per heavy atom. The second-order valence-corrected chi connectivity index (χ2v) is 4.63. The van der Waals surface area contributed by atoms with Crippen LogP contribution in [0.1, 0.15) is 19.3 Å². The summed E-state index contributed by atoms with van der Waals surface area (Å²) in [4.78, 5) is 0. The monoisotopic (exact) mass is 313 g/mol. The Kier molecular flexibility index (Phi) is 7.47. The Hall–Kier alpha value is -2.00. The predicted octanol–water partition coefficient (Wildman–Crippen LogP) is 4.41. The average Bonchev–Trinajstić information content (AvgIpc) is 2.69. The highest BCUT2D eigenvalue weighted by molar-refractivity contribution is 5.19. The molecule has 0 aromatic rings. The van der Waals surface area contributed by atoms with E-state index >= 15 is 0 Å². The standard InChI is InChI=1S/C16H18F3NO2/c1-2-14(7-3-4-11-21-16(17,18)19)22-15-8-5-6-13(12-20)9-10-15/h2-4,8-10,13-14H,1,5-7,11H2/b4-3-/t13-,14+/m0/s1. The topological polar surface area (TPSA) is 42.2 Å². The molecule has 0 amide bonds. The summed E-state index contributed by atoms with van der Waals surface area (Å²) in [5.41, 5.74) is 0. The van der Waals surface area contributed by atoms with Crippen LogP contribution in [-0.2, 0) is 9.47 Å². The van der Waals surface area contributed by atoms with Gasteiger partial charge in [-0.1, -0.05) is 30.9 Å². The maximum Gasteiger partial charge on any atom is 0.522 e. The first-order valence-electron chi connectivity index (χ1n) is 6.87. The summed E-state index contributed by atoms with van der Waals surface area (Å²) in [7, 11) is 0. The fourth-order valence-electron chi connectivity index (χ4n) is 1.78. The molecule has 0 N–H and O–H groups in total. The molecular formula is C16H18F3NO2. The molecule has 0 aromatic carbocycles. The zero-order valence-corrected chi connectivity index (χ0v) is 12.1. The summed E-state index contributed by atoms with van der Waals surface area (Å²) in [5, 5.41) is 8.87. The number of hydrogen-bond donors (Lipinski definition) is 0. The Morgan fingerprint density at radius 3 is 2.86 bits per heavy atom. The SMILES string of the molecule is C=C[C@H](C/C=C\COC(F)(F)F)OC1=CCC[C@H](C#N)C=C1. The van der Waals surface area contributed by atoms with Crippen molar-refractivity contribution >= 4 is 0 Å². The molecule has 0 bridgehead atoms. The summed E-state index contributed by atoms with van der Waals surface area (Å²) in [6.07, 6.45) is 6.73. The lowest BCUT2D eigenvalue weighted by atomic mass is 10.1. The van der Waals surface area contributed by atoms with E-state index in [2.05, 4.69) is 17.4 Å². The van der Waals surface area contributed by atoms with Crippen LogP contribution in [0.4, 0.5) is 13.2 Å². The first-order valence-corrected chi connectivity index (χ1v) is 6.87. The van der Waals surface area contributed by atoms with E-state index in [1.54, 1.807) is 24.3 Å². The minimum atomic E-state index is -4.62. The van der Waals surface area contributed by atoms with Crippen molar-refractivity contribution in [3.05, 3.63) is 48.8 Å². The lowest BCUT2D eigenvalue weighted by molar-refractivity contribution is -0.319. The average molecular weight is 313 g/mol. The molecule has 0 aromatic heterocycles. The number of hydrogen-bond acceptors (Lipinski definition) is 3. The van der Waals surface area contributed by atoms with Crippen molar-refractivity contribution in [3.8, 4) is 6.07 Å². The Balaban J connectivity index is 2.42. The molecule has 1 rings (SSSR count). The van der Waals surface area contributed by atoms with Crippen LogP contribution in [-0.4, -0.2) is 19.1 Å². The van der Waals surface area contributed by atoms with Crippen molar-refractivity contribution in [1.82, 2.24) is 0 Å². The van der Waals surface area contributed by atoms with Crippen LogP contribution in [0.3, 0.4) is 0 Å². The molecule has 0 spiro atoms. The summed E-state index contributed by atoms with van der Waals surface area (Å²) < 4.78 is 44.7. The lowest BCUT2D eigenvalue weighted by Gasteiger charge is -2.14. The molecule has 22 heavy (non-hydrogen) atoms. The molecule has 0 unspecified atom stereocenters. The predicted molar refractivity (Wildman–Crippen MR) is 76.4 cm³/mol. The van der Waals surface area contributed by atoms with Gasteiger partial charge in [-0.25, -0.2) is 0 Å². The lowest BCUT2D eigenvalue weighted by Crippen LogP contribution is -2.13. The van der Waals surface area contributed by atoms with Crippen molar-refractivity contribution in [2.24, 2.45) is 5.92 Å². The molecule has 6 heteroatoms. The Bertz CT molecular complexity index is 487. The van der Waals surface area contributed by atoms with Crippen molar-refractivity contribution in [3.63, 3.8) is 0 Å². The molecule has 1 aliphatic carbocycles. The van der Waals surface area contributed by atoms with Crippen molar-refractivity contribution in [1.29, 1.82) is 5.26 Å². The second kappa shape index (κ2) is 9.11. The third kappa shape index (κ3) is 7.70. The van der Waals surface area contributed by atoms with E-state index < -0.39 is 13.0 Å².